The van der Waals surface area contributed by atoms with Crippen LogP contribution < -0.4 is 11.1 Å². The molecule has 0 fully saturated rings. The monoisotopic (exact) mass is 341 g/mol. The lowest BCUT2D eigenvalue weighted by Gasteiger charge is -2.29. The molecule has 3 rings (SSSR count). The number of nitrogens with two attached hydrogens (primary N) is 1. The van der Waals surface area contributed by atoms with Crippen molar-refractivity contribution in [2.75, 3.05) is 18.4 Å². The van der Waals surface area contributed by atoms with Crippen molar-refractivity contribution in [1.82, 2.24) is 4.90 Å². The van der Waals surface area contributed by atoms with Gasteiger partial charge < -0.3 is 11.1 Å². The fourth-order valence-electron chi connectivity index (χ4n) is 2.80. The van der Waals surface area contributed by atoms with Crippen LogP contribution >= 0.6 is 11.6 Å². The minimum atomic E-state index is -0.160. The van der Waals surface area contributed by atoms with Gasteiger partial charge in [0.25, 0.3) is 5.91 Å². The molecule has 0 bridgehead atoms. The van der Waals surface area contributed by atoms with Gasteiger partial charge in [-0.25, -0.2) is 0 Å². The van der Waals surface area contributed by atoms with Crippen molar-refractivity contribution in [3.8, 4) is 0 Å². The molecule has 0 saturated carbocycles. The SMILES string of the molecule is NC1=C(C(=O)Nc2cccc(Cl)c2)CN(Cc2ccccc2)CC1. The van der Waals surface area contributed by atoms with Gasteiger partial charge in [-0.05, 0) is 23.8 Å². The van der Waals surface area contributed by atoms with Gasteiger partial charge in [0.1, 0.15) is 0 Å². The Hall–Kier alpha value is -2.30. The van der Waals surface area contributed by atoms with Crippen LogP contribution in [0.3, 0.4) is 0 Å². The number of amides is 1. The number of nitrogens with one attached hydrogen (secondary N) is 1. The molecule has 1 aliphatic rings. The third-order valence-electron chi connectivity index (χ3n) is 4.07. The fraction of sp³-hybridized carbons (Fsp3) is 0.211. The highest BCUT2D eigenvalue weighted by Crippen LogP contribution is 2.20. The molecule has 1 heterocycles. The molecule has 124 valence electrons. The van der Waals surface area contributed by atoms with E-state index in [0.29, 0.717) is 34.9 Å². The Morgan fingerprint density at radius 3 is 2.71 bits per heavy atom. The normalized spacial score (nSPS) is 15.4. The number of rotatable bonds is 4. The number of halogens is 1. The molecule has 4 nitrogen and oxygen atoms in total. The molecule has 3 N–H and O–H groups in total. The quantitative estimate of drug-likeness (QED) is 0.896. The molecule has 0 aromatic heterocycles. The Labute approximate surface area is 146 Å². The van der Waals surface area contributed by atoms with Crippen LogP contribution in [0.5, 0.6) is 0 Å². The summed E-state index contributed by atoms with van der Waals surface area (Å²) in [4.78, 5) is 14.8. The van der Waals surface area contributed by atoms with Crippen molar-refractivity contribution in [2.24, 2.45) is 5.73 Å². The standard InChI is InChI=1S/C19H20ClN3O/c20-15-7-4-8-16(11-15)22-19(24)17-13-23(10-9-18(17)21)12-14-5-2-1-3-6-14/h1-8,11H,9-10,12-13,21H2,(H,22,24). The lowest BCUT2D eigenvalue weighted by atomic mass is 10.0. The number of carbonyl (C=O) groups excluding carboxylic acids is 1. The van der Waals surface area contributed by atoms with Gasteiger partial charge in [0.2, 0.25) is 0 Å². The van der Waals surface area contributed by atoms with Gasteiger partial charge in [0, 0.05) is 42.5 Å². The molecule has 0 unspecified atom stereocenters. The maximum absolute atomic E-state index is 12.6. The molecular weight excluding hydrogens is 322 g/mol. The average Bonchev–Trinajstić information content (AvgIpc) is 2.57. The molecule has 2 aromatic carbocycles. The maximum Gasteiger partial charge on any atom is 0.254 e. The van der Waals surface area contributed by atoms with Crippen molar-refractivity contribution in [3.05, 3.63) is 76.5 Å². The summed E-state index contributed by atoms with van der Waals surface area (Å²) in [6.07, 6.45) is 0.700. The Kier molecular flexibility index (Phi) is 5.18. The van der Waals surface area contributed by atoms with E-state index in [1.807, 2.05) is 24.3 Å². The van der Waals surface area contributed by atoms with Crippen molar-refractivity contribution in [3.63, 3.8) is 0 Å². The topological polar surface area (TPSA) is 58.4 Å². The molecule has 5 heteroatoms. The lowest BCUT2D eigenvalue weighted by Crippen LogP contribution is -2.37. The summed E-state index contributed by atoms with van der Waals surface area (Å²) in [5.74, 6) is -0.160. The van der Waals surface area contributed by atoms with E-state index in [0.717, 1.165) is 13.1 Å². The molecule has 2 aromatic rings. The van der Waals surface area contributed by atoms with Crippen LogP contribution in [-0.4, -0.2) is 23.9 Å². The molecular formula is C19H20ClN3O. The van der Waals surface area contributed by atoms with Crippen LogP contribution in [0.15, 0.2) is 65.9 Å². The van der Waals surface area contributed by atoms with Gasteiger partial charge in [-0.2, -0.15) is 0 Å². The molecule has 24 heavy (non-hydrogen) atoms. The summed E-state index contributed by atoms with van der Waals surface area (Å²) in [5, 5.41) is 3.47. The van der Waals surface area contributed by atoms with E-state index in [1.54, 1.807) is 18.2 Å². The van der Waals surface area contributed by atoms with Crippen LogP contribution in [-0.2, 0) is 11.3 Å². The number of anilines is 1. The number of hydrogen-bond donors (Lipinski definition) is 2. The first-order valence-electron chi connectivity index (χ1n) is 7.92. The first-order valence-corrected chi connectivity index (χ1v) is 8.30. The number of nitrogens with zero attached hydrogens (tertiary/aromatic N) is 1. The van der Waals surface area contributed by atoms with Crippen molar-refractivity contribution >= 4 is 23.2 Å². The van der Waals surface area contributed by atoms with Crippen LogP contribution in [0.25, 0.3) is 0 Å². The third-order valence-corrected chi connectivity index (χ3v) is 4.31. The van der Waals surface area contributed by atoms with E-state index < -0.39 is 0 Å². The minimum absolute atomic E-state index is 0.160. The highest BCUT2D eigenvalue weighted by atomic mass is 35.5. The second-order valence-electron chi connectivity index (χ2n) is 5.91. The van der Waals surface area contributed by atoms with Gasteiger partial charge >= 0.3 is 0 Å². The van der Waals surface area contributed by atoms with E-state index >= 15 is 0 Å². The molecule has 1 aliphatic heterocycles. The summed E-state index contributed by atoms with van der Waals surface area (Å²) in [5.41, 5.74) is 9.29. The predicted molar refractivity (Wildman–Crippen MR) is 97.6 cm³/mol. The average molecular weight is 342 g/mol. The van der Waals surface area contributed by atoms with Crippen LogP contribution in [0.4, 0.5) is 5.69 Å². The number of hydrogen-bond acceptors (Lipinski definition) is 3. The van der Waals surface area contributed by atoms with Crippen LogP contribution in [0.1, 0.15) is 12.0 Å². The first kappa shape index (κ1) is 16.6. The summed E-state index contributed by atoms with van der Waals surface area (Å²) < 4.78 is 0. The van der Waals surface area contributed by atoms with Gasteiger partial charge in [-0.1, -0.05) is 48.0 Å². The fourth-order valence-corrected chi connectivity index (χ4v) is 2.99. The van der Waals surface area contributed by atoms with E-state index in [4.69, 9.17) is 17.3 Å². The highest BCUT2D eigenvalue weighted by Gasteiger charge is 2.22. The largest absolute Gasteiger partial charge is 0.402 e. The summed E-state index contributed by atoms with van der Waals surface area (Å²) in [6.45, 7) is 2.21. The molecule has 0 spiro atoms. The van der Waals surface area contributed by atoms with E-state index in [9.17, 15) is 4.79 Å². The maximum atomic E-state index is 12.6. The van der Waals surface area contributed by atoms with Crippen molar-refractivity contribution < 1.29 is 4.79 Å². The summed E-state index contributed by atoms with van der Waals surface area (Å²) in [6, 6.07) is 17.3. The smallest absolute Gasteiger partial charge is 0.254 e. The van der Waals surface area contributed by atoms with Gasteiger partial charge in [-0.15, -0.1) is 0 Å². The Balaban J connectivity index is 1.68. The zero-order valence-corrected chi connectivity index (χ0v) is 14.1. The molecule has 0 saturated heterocycles. The lowest BCUT2D eigenvalue weighted by molar-refractivity contribution is -0.113. The number of benzene rings is 2. The Morgan fingerprint density at radius 2 is 1.96 bits per heavy atom. The van der Waals surface area contributed by atoms with Gasteiger partial charge in [0.15, 0.2) is 0 Å². The molecule has 0 aliphatic carbocycles. The zero-order valence-electron chi connectivity index (χ0n) is 13.3. The molecule has 0 radical (unpaired) electrons. The Bertz CT molecular complexity index is 758. The van der Waals surface area contributed by atoms with Crippen LogP contribution in [0, 0.1) is 0 Å². The first-order chi connectivity index (χ1) is 11.6. The van der Waals surface area contributed by atoms with Crippen LogP contribution in [0.2, 0.25) is 5.02 Å². The predicted octanol–water partition coefficient (Wildman–Crippen LogP) is 3.40. The van der Waals surface area contributed by atoms with Crippen molar-refractivity contribution in [1.29, 1.82) is 0 Å². The molecule has 0 atom stereocenters. The zero-order chi connectivity index (χ0) is 16.9. The van der Waals surface area contributed by atoms with E-state index in [1.165, 1.54) is 5.56 Å². The summed E-state index contributed by atoms with van der Waals surface area (Å²) in [7, 11) is 0. The van der Waals surface area contributed by atoms with E-state index in [2.05, 4.69) is 22.3 Å². The summed E-state index contributed by atoms with van der Waals surface area (Å²) >= 11 is 5.96. The van der Waals surface area contributed by atoms with Crippen molar-refractivity contribution in [2.45, 2.75) is 13.0 Å². The highest BCUT2D eigenvalue weighted by molar-refractivity contribution is 6.30. The molecule has 1 amide bonds. The number of carbonyl (C=O) groups is 1. The van der Waals surface area contributed by atoms with Gasteiger partial charge in [0.05, 0.1) is 5.57 Å². The second-order valence-corrected chi connectivity index (χ2v) is 6.35. The van der Waals surface area contributed by atoms with E-state index in [-0.39, 0.29) is 5.91 Å². The Morgan fingerprint density at radius 1 is 1.17 bits per heavy atom. The third kappa shape index (κ3) is 4.16. The minimum Gasteiger partial charge on any atom is -0.402 e. The van der Waals surface area contributed by atoms with Gasteiger partial charge in [-0.3, -0.25) is 9.69 Å². The second kappa shape index (κ2) is 7.51.